The molecule has 0 spiro atoms. The number of carbonyl (C=O) groups excluding carboxylic acids is 2. The van der Waals surface area contributed by atoms with Crippen molar-refractivity contribution >= 4 is 33.2 Å². The summed E-state index contributed by atoms with van der Waals surface area (Å²) in [5.41, 5.74) is 0.0693. The summed E-state index contributed by atoms with van der Waals surface area (Å²) in [5, 5.41) is 2.11. The van der Waals surface area contributed by atoms with Crippen molar-refractivity contribution < 1.29 is 31.2 Å². The van der Waals surface area contributed by atoms with E-state index in [2.05, 4.69) is 5.32 Å². The number of rotatable bonds is 7. The van der Waals surface area contributed by atoms with Gasteiger partial charge in [0.1, 0.15) is 0 Å². The van der Waals surface area contributed by atoms with Crippen LogP contribution in [-0.2, 0) is 14.8 Å². The normalized spacial score (nSPS) is 13.9. The third-order valence-corrected chi connectivity index (χ3v) is 7.27. The van der Waals surface area contributed by atoms with E-state index in [4.69, 9.17) is 0 Å². The lowest BCUT2D eigenvalue weighted by molar-refractivity contribution is -0.116. The Kier molecular flexibility index (Phi) is 7.51. The van der Waals surface area contributed by atoms with Crippen LogP contribution in [0.3, 0.4) is 0 Å². The van der Waals surface area contributed by atoms with Crippen LogP contribution in [0.25, 0.3) is 0 Å². The number of amides is 2. The molecule has 0 atom stereocenters. The minimum absolute atomic E-state index is 0.0782. The summed E-state index contributed by atoms with van der Waals surface area (Å²) < 4.78 is 66.6. The van der Waals surface area contributed by atoms with Crippen molar-refractivity contribution in [3.63, 3.8) is 0 Å². The second kappa shape index (κ2) is 10.0. The van der Waals surface area contributed by atoms with Crippen LogP contribution in [0.2, 0.25) is 0 Å². The maximum absolute atomic E-state index is 13.9. The molecule has 34 heavy (non-hydrogen) atoms. The zero-order chi connectivity index (χ0) is 25.2. The average Bonchev–Trinajstić information content (AvgIpc) is 3.33. The molecular weight excluding hydrogens is 473 g/mol. The lowest BCUT2D eigenvalue weighted by atomic mass is 10.1. The van der Waals surface area contributed by atoms with Gasteiger partial charge < -0.3 is 15.1 Å². The minimum Gasteiger partial charge on any atom is -0.371 e. The van der Waals surface area contributed by atoms with E-state index in [0.717, 1.165) is 28.1 Å². The fraction of sp³-hybridized carbons (Fsp3) is 0.364. The molecule has 1 N–H and O–H groups in total. The molecule has 2 aromatic rings. The van der Waals surface area contributed by atoms with Crippen molar-refractivity contribution in [2.45, 2.75) is 17.7 Å². The molecule has 0 saturated carbocycles. The molecule has 1 saturated heterocycles. The molecule has 0 radical (unpaired) electrons. The Morgan fingerprint density at radius 3 is 2.26 bits per heavy atom. The number of nitrogens with one attached hydrogen (secondary N) is 1. The predicted molar refractivity (Wildman–Crippen MR) is 121 cm³/mol. The quantitative estimate of drug-likeness (QED) is 0.593. The van der Waals surface area contributed by atoms with Gasteiger partial charge in [0.2, 0.25) is 15.9 Å². The summed E-state index contributed by atoms with van der Waals surface area (Å²) in [6.45, 7) is 0.848. The van der Waals surface area contributed by atoms with Crippen LogP contribution in [-0.4, -0.2) is 70.2 Å². The molecule has 12 heteroatoms. The molecule has 2 aromatic carbocycles. The topological polar surface area (TPSA) is 90.0 Å². The summed E-state index contributed by atoms with van der Waals surface area (Å²) in [5.74, 6) is -6.15. The number of likely N-dealkylation sites (N-methyl/N-ethyl adjacent to an activating group) is 1. The minimum atomic E-state index is -3.82. The zero-order valence-corrected chi connectivity index (χ0v) is 19.8. The highest BCUT2D eigenvalue weighted by Gasteiger charge is 2.27. The zero-order valence-electron chi connectivity index (χ0n) is 18.9. The number of benzene rings is 2. The maximum Gasteiger partial charge on any atom is 0.256 e. The monoisotopic (exact) mass is 498 g/mol. The molecule has 8 nitrogen and oxygen atoms in total. The average molecular weight is 499 g/mol. The fourth-order valence-corrected chi connectivity index (χ4v) is 4.52. The number of carbonyl (C=O) groups is 2. The van der Waals surface area contributed by atoms with Crippen LogP contribution < -0.4 is 10.2 Å². The first-order chi connectivity index (χ1) is 15.9. The summed E-state index contributed by atoms with van der Waals surface area (Å²) in [4.78, 5) is 28.5. The molecule has 0 aliphatic carbocycles. The SMILES string of the molecule is CN(CC(=O)Nc1ccc(F)c(F)c1F)C(=O)c1cc(S(=O)(=O)N(C)C)ccc1N1CCCC1. The highest BCUT2D eigenvalue weighted by molar-refractivity contribution is 7.89. The Bertz CT molecular complexity index is 1210. The van der Waals surface area contributed by atoms with Crippen molar-refractivity contribution in [1.29, 1.82) is 0 Å². The number of nitrogens with zero attached hydrogens (tertiary/aromatic N) is 3. The maximum atomic E-state index is 13.9. The smallest absolute Gasteiger partial charge is 0.256 e. The lowest BCUT2D eigenvalue weighted by Crippen LogP contribution is -2.36. The highest BCUT2D eigenvalue weighted by Crippen LogP contribution is 2.29. The van der Waals surface area contributed by atoms with Crippen molar-refractivity contribution in [2.24, 2.45) is 0 Å². The Morgan fingerprint density at radius 1 is 1.00 bits per heavy atom. The molecule has 1 heterocycles. The number of hydrogen-bond acceptors (Lipinski definition) is 5. The van der Waals surface area contributed by atoms with Gasteiger partial charge in [-0.1, -0.05) is 0 Å². The third kappa shape index (κ3) is 5.17. The number of anilines is 2. The number of halogens is 3. The first-order valence-corrected chi connectivity index (χ1v) is 11.9. The molecule has 0 bridgehead atoms. The van der Waals surface area contributed by atoms with E-state index in [1.54, 1.807) is 6.07 Å². The van der Waals surface area contributed by atoms with Gasteiger partial charge in [-0.2, -0.15) is 0 Å². The summed E-state index contributed by atoms with van der Waals surface area (Å²) >= 11 is 0. The van der Waals surface area contributed by atoms with E-state index in [0.29, 0.717) is 24.8 Å². The molecule has 1 fully saturated rings. The van der Waals surface area contributed by atoms with Gasteiger partial charge in [-0.05, 0) is 43.2 Å². The first-order valence-electron chi connectivity index (χ1n) is 10.4. The van der Waals surface area contributed by atoms with Crippen LogP contribution in [0.5, 0.6) is 0 Å². The van der Waals surface area contributed by atoms with Gasteiger partial charge in [-0.15, -0.1) is 0 Å². The largest absolute Gasteiger partial charge is 0.371 e. The van der Waals surface area contributed by atoms with Crippen molar-refractivity contribution in [3.8, 4) is 0 Å². The van der Waals surface area contributed by atoms with E-state index >= 15 is 0 Å². The predicted octanol–water partition coefficient (Wildman–Crippen LogP) is 2.67. The Labute approximate surface area is 196 Å². The Hall–Kier alpha value is -3.12. The van der Waals surface area contributed by atoms with Crippen LogP contribution in [0.1, 0.15) is 23.2 Å². The molecule has 1 aliphatic rings. The Balaban J connectivity index is 1.86. The highest BCUT2D eigenvalue weighted by atomic mass is 32.2. The third-order valence-electron chi connectivity index (χ3n) is 5.46. The van der Waals surface area contributed by atoms with Gasteiger partial charge in [0.25, 0.3) is 5.91 Å². The van der Waals surface area contributed by atoms with Crippen molar-refractivity contribution in [1.82, 2.24) is 9.21 Å². The summed E-state index contributed by atoms with van der Waals surface area (Å²) in [7, 11) is 0.254. The molecule has 3 rings (SSSR count). The van der Waals surface area contributed by atoms with Crippen LogP contribution in [0.15, 0.2) is 35.2 Å². The van der Waals surface area contributed by atoms with E-state index in [-0.39, 0.29) is 10.5 Å². The second-order valence-corrected chi connectivity index (χ2v) is 10.2. The van der Waals surface area contributed by atoms with E-state index in [1.165, 1.54) is 33.3 Å². The van der Waals surface area contributed by atoms with Crippen LogP contribution in [0.4, 0.5) is 24.5 Å². The molecule has 1 aliphatic heterocycles. The molecular formula is C22H25F3N4O4S. The Morgan fingerprint density at radius 2 is 1.65 bits per heavy atom. The van der Waals surface area contributed by atoms with E-state index < -0.39 is 51.5 Å². The van der Waals surface area contributed by atoms with Gasteiger partial charge in [0.05, 0.1) is 22.7 Å². The van der Waals surface area contributed by atoms with Crippen LogP contribution >= 0.6 is 0 Å². The van der Waals surface area contributed by atoms with Gasteiger partial charge in [0, 0.05) is 39.9 Å². The molecule has 184 valence electrons. The lowest BCUT2D eigenvalue weighted by Gasteiger charge is -2.25. The number of hydrogen-bond donors (Lipinski definition) is 1. The van der Waals surface area contributed by atoms with Gasteiger partial charge >= 0.3 is 0 Å². The van der Waals surface area contributed by atoms with Crippen molar-refractivity contribution in [2.75, 3.05) is 51.0 Å². The number of sulfonamides is 1. The van der Waals surface area contributed by atoms with E-state index in [9.17, 15) is 31.2 Å². The molecule has 0 aromatic heterocycles. The van der Waals surface area contributed by atoms with Gasteiger partial charge in [0.15, 0.2) is 17.5 Å². The van der Waals surface area contributed by atoms with Gasteiger partial charge in [-0.3, -0.25) is 9.59 Å². The summed E-state index contributed by atoms with van der Waals surface area (Å²) in [6, 6.07) is 5.81. The second-order valence-electron chi connectivity index (χ2n) is 8.09. The standard InChI is InChI=1S/C22H25F3N4O4S/c1-27(2)34(32,33)14-6-9-18(29-10-4-5-11-29)15(12-14)22(31)28(3)13-19(30)26-17-8-7-16(23)20(24)21(17)25/h6-9,12H,4-5,10-11,13H2,1-3H3,(H,26,30). The van der Waals surface area contributed by atoms with Gasteiger partial charge in [-0.25, -0.2) is 25.9 Å². The first kappa shape index (κ1) is 25.5. The van der Waals surface area contributed by atoms with Crippen LogP contribution in [0, 0.1) is 17.5 Å². The van der Waals surface area contributed by atoms with E-state index in [1.807, 2.05) is 4.90 Å². The molecule has 0 unspecified atom stereocenters. The molecule has 2 amide bonds. The summed E-state index contributed by atoms with van der Waals surface area (Å²) in [6.07, 6.45) is 1.84. The van der Waals surface area contributed by atoms with Crippen molar-refractivity contribution in [3.05, 3.63) is 53.3 Å². The fourth-order valence-electron chi connectivity index (χ4n) is 3.60.